The zero-order chi connectivity index (χ0) is 59.6. The zero-order valence-corrected chi connectivity index (χ0v) is 49.3. The Balaban J connectivity index is 0. The van der Waals surface area contributed by atoms with E-state index in [0.717, 1.165) is 33.3 Å². The molecule has 393 valence electrons. The van der Waals surface area contributed by atoms with Gasteiger partial charge in [-0.15, -0.1) is 0 Å². The summed E-state index contributed by atoms with van der Waals surface area (Å²) in [6.07, 6.45) is 0. The molecular weight excluding hydrogens is 1200 g/mol. The van der Waals surface area contributed by atoms with Crippen molar-refractivity contribution < 1.29 is 34.0 Å². The standard InChI is InChI=1S/C20H22NS.C10H6BrN.C10H7N.C10H10O.C7H7I.CHF3O3S.CH4.BHNS/c1-19(2)11-12-20(3,4)16-22(15-19)14-18-9-7-17(8-10-18)6-5-13-21;11-8-10-5-3-9(4-6-10)2-1-7-12;2*1-9-4-6-10(7-5-9)3-2-8-11;1-6-2-4-7(8)5-3-6;2-1(3,4)8(5,6)7;;1-2-3/h7-10H,14-16H2,1-4H3;3-6H,8H2;4-7H,1H3;4-7,11H,8H2,1H3;2-5H,1H3;(H,5,6,7);1H4;3H/q+1;;;;;;;/p-1/i;;;;;;1T2;. The van der Waals surface area contributed by atoms with Crippen LogP contribution in [0.15, 0.2) is 126 Å². The second-order valence-electron chi connectivity index (χ2n) is 16.7. The second-order valence-corrected chi connectivity index (χ2v) is 22.2. The normalized spacial score (nSPS) is 11.9. The van der Waals surface area contributed by atoms with Crippen LogP contribution in [0.1, 0.15) is 87.9 Å². The predicted molar refractivity (Wildman–Crippen MR) is 319 cm³/mol. The van der Waals surface area contributed by atoms with Gasteiger partial charge < -0.3 is 9.66 Å². The second kappa shape index (κ2) is 39.2. The molecule has 5 aromatic rings. The Kier molecular flexibility index (Phi) is 35.0. The number of nitrogens with zero attached hydrogens (tertiary/aromatic N) is 4. The van der Waals surface area contributed by atoms with Crippen molar-refractivity contribution in [3.8, 4) is 77.4 Å². The summed E-state index contributed by atoms with van der Waals surface area (Å²) in [6.45, 7) is 15.1. The molecule has 0 spiro atoms. The van der Waals surface area contributed by atoms with Crippen LogP contribution in [0.5, 0.6) is 0 Å². The molecular formula is C59H57BBrF3IN4O4S3. The van der Waals surface area contributed by atoms with Gasteiger partial charge in [0.05, 0.1) is 10.8 Å². The van der Waals surface area contributed by atoms with E-state index in [4.69, 9.17) is 36.6 Å². The summed E-state index contributed by atoms with van der Waals surface area (Å²) < 4.78 is 74.6. The summed E-state index contributed by atoms with van der Waals surface area (Å²) in [5.74, 6) is 31.2. The topological polar surface area (TPSA) is 161 Å². The van der Waals surface area contributed by atoms with Gasteiger partial charge in [-0.25, -0.2) is 8.42 Å². The number of alkyl halides is 4. The van der Waals surface area contributed by atoms with E-state index in [-0.39, 0.29) is 24.8 Å². The molecule has 0 aromatic heterocycles. The first-order valence-electron chi connectivity index (χ1n) is 23.3. The molecule has 0 atom stereocenters. The van der Waals surface area contributed by atoms with Crippen molar-refractivity contribution in [2.75, 3.05) is 18.1 Å². The fraction of sp³-hybridized carbons (Fsp3) is 0.271. The number of rotatable bonds is 3. The Morgan fingerprint density at radius 3 is 1.29 bits per heavy atom. The number of hydrogen-bond donors (Lipinski definition) is 2. The molecule has 0 saturated carbocycles. The number of benzene rings is 5. The third kappa shape index (κ3) is 35.9. The van der Waals surface area contributed by atoms with Gasteiger partial charge in [0, 0.05) is 57.2 Å². The molecule has 76 heavy (non-hydrogen) atoms. The molecule has 1 aliphatic heterocycles. The van der Waals surface area contributed by atoms with Crippen LogP contribution in [-0.4, -0.2) is 49.3 Å². The molecule has 5 aromatic carbocycles. The van der Waals surface area contributed by atoms with Gasteiger partial charge in [0.1, 0.15) is 23.9 Å². The average molecular weight is 1260 g/mol. The van der Waals surface area contributed by atoms with Crippen LogP contribution < -0.4 is 0 Å². The van der Waals surface area contributed by atoms with E-state index < -0.39 is 15.6 Å². The van der Waals surface area contributed by atoms with Crippen molar-refractivity contribution in [3.05, 3.63) is 175 Å². The van der Waals surface area contributed by atoms with Gasteiger partial charge in [-0.2, -0.15) is 29.0 Å². The summed E-state index contributed by atoms with van der Waals surface area (Å²) in [6, 6.07) is 45.5. The molecule has 0 aliphatic carbocycles. The summed E-state index contributed by atoms with van der Waals surface area (Å²) in [5, 5.41) is 34.1. The summed E-state index contributed by atoms with van der Waals surface area (Å²) >= 11 is 8.83. The number of halogens is 5. The molecule has 0 amide bonds. The Bertz CT molecular complexity index is 3120. The van der Waals surface area contributed by atoms with Gasteiger partial charge in [-0.1, -0.05) is 142 Å². The fourth-order valence-electron chi connectivity index (χ4n) is 5.43. The molecule has 1 radical (unpaired) electrons. The predicted octanol–water partition coefficient (Wildman–Crippen LogP) is 12.9. The van der Waals surface area contributed by atoms with Crippen molar-refractivity contribution in [1.82, 2.24) is 0 Å². The van der Waals surface area contributed by atoms with Crippen molar-refractivity contribution in [2.45, 2.75) is 72.4 Å². The monoisotopic (exact) mass is 1260 g/mol. The van der Waals surface area contributed by atoms with Gasteiger partial charge in [0.15, 0.2) is 28.3 Å². The molecule has 0 bridgehead atoms. The van der Waals surface area contributed by atoms with Crippen molar-refractivity contribution in [1.29, 1.82) is 15.8 Å². The Morgan fingerprint density at radius 1 is 0.724 bits per heavy atom. The Morgan fingerprint density at radius 2 is 1.01 bits per heavy atom. The van der Waals surface area contributed by atoms with Gasteiger partial charge in [-0.05, 0) is 148 Å². The molecule has 8 nitrogen and oxygen atoms in total. The molecule has 0 saturated heterocycles. The van der Waals surface area contributed by atoms with Crippen molar-refractivity contribution in [3.63, 3.8) is 0 Å². The summed E-state index contributed by atoms with van der Waals surface area (Å²) in [7, 11) is -1.68. The molecule has 6 rings (SSSR count). The zero-order valence-electron chi connectivity index (χ0n) is 45.0. The number of hydrogen-bond acceptors (Lipinski definition) is 9. The SMILES string of the molecule is CC1(C)C#CC(C)(C)C[S+](Cc2ccc(C#CC#N)cc2)C1.Cc1ccc(C#CC#N)cc1.Cc1ccc(C#CCO)cc1.Cc1ccc(I)cc1.N#CC#Cc1ccc(CBr)cc1.O=S(=O)([O-])C(F)(F)F.[3H]C[3H].[B]=NS. The average Bonchev–Trinajstić information content (AvgIpc) is 3.49. The van der Waals surface area contributed by atoms with Gasteiger partial charge in [0.25, 0.3) is 0 Å². The van der Waals surface area contributed by atoms with E-state index >= 15 is 0 Å². The fourth-order valence-corrected chi connectivity index (χ4v) is 9.32. The number of aliphatic hydroxyl groups is 1. The van der Waals surface area contributed by atoms with Crippen LogP contribution in [-0.2, 0) is 32.1 Å². The van der Waals surface area contributed by atoms with Crippen LogP contribution >= 0.6 is 51.3 Å². The van der Waals surface area contributed by atoms with Gasteiger partial charge >= 0.3 is 30.3 Å². The van der Waals surface area contributed by atoms with Crippen LogP contribution in [0.3, 0.4) is 0 Å². The van der Waals surface area contributed by atoms with Gasteiger partial charge in [-0.3, -0.25) is 0 Å². The first-order chi connectivity index (χ1) is 36.7. The summed E-state index contributed by atoms with van der Waals surface area (Å²) in [5.41, 5.74) is 4.48. The molecule has 17 heteroatoms. The van der Waals surface area contributed by atoms with Crippen LogP contribution in [0.25, 0.3) is 0 Å². The molecule has 1 aliphatic rings. The van der Waals surface area contributed by atoms with E-state index in [9.17, 15) is 13.2 Å². The van der Waals surface area contributed by atoms with Crippen molar-refractivity contribution >= 4 is 80.0 Å². The third-order valence-corrected chi connectivity index (χ3v) is 13.7. The minimum absolute atomic E-state index is 0.0755. The number of aryl methyl sites for hydroxylation is 3. The van der Waals surface area contributed by atoms with Crippen LogP contribution in [0, 0.1) is 128 Å². The van der Waals surface area contributed by atoms with E-state index in [0.29, 0.717) is 10.9 Å². The maximum atomic E-state index is 10.7. The molecule has 1 N–H and O–H groups in total. The maximum absolute atomic E-state index is 10.7. The number of aliphatic hydroxyl groups excluding tert-OH is 1. The first-order valence-corrected chi connectivity index (χ1v) is 27.7. The Hall–Kier alpha value is -6.20. The quantitative estimate of drug-likeness (QED) is 0.0266. The van der Waals surface area contributed by atoms with E-state index in [2.05, 4.69) is 193 Å². The molecule has 0 fully saturated rings. The van der Waals surface area contributed by atoms with Gasteiger partial charge in [0.2, 0.25) is 0 Å². The van der Waals surface area contributed by atoms with E-state index in [1.165, 1.54) is 42.9 Å². The number of thiol groups is 1. The molecule has 0 unspecified atom stereocenters. The van der Waals surface area contributed by atoms with Crippen LogP contribution in [0.4, 0.5) is 13.2 Å². The van der Waals surface area contributed by atoms with E-state index in [1.807, 2.05) is 105 Å². The van der Waals surface area contributed by atoms with Crippen molar-refractivity contribution in [2.24, 2.45) is 15.1 Å². The first kappa shape index (κ1) is 67.8. The Labute approximate surface area is 484 Å². The molecule has 1 heterocycles. The van der Waals surface area contributed by atoms with Crippen LogP contribution in [0.2, 0.25) is 0 Å². The van der Waals surface area contributed by atoms with E-state index in [1.54, 1.807) is 12.1 Å². The summed E-state index contributed by atoms with van der Waals surface area (Å²) in [4.78, 5) is 0. The third-order valence-electron chi connectivity index (χ3n) is 8.80. The minimum atomic E-state index is -6.09. The number of nitriles is 3.